The first-order valence-corrected chi connectivity index (χ1v) is 9.41. The summed E-state index contributed by atoms with van der Waals surface area (Å²) in [7, 11) is 0. The Kier molecular flexibility index (Phi) is 4.50. The SMILES string of the molecule is CCc1ccccc1C(=O)Nc1cccc(-c2nc3ccccc3s2)c1. The number of nitrogens with one attached hydrogen (secondary N) is 1. The lowest BCUT2D eigenvalue weighted by Crippen LogP contribution is -2.14. The van der Waals surface area contributed by atoms with Crippen molar-refractivity contribution in [3.63, 3.8) is 0 Å². The van der Waals surface area contributed by atoms with Gasteiger partial charge in [-0.05, 0) is 42.3 Å². The zero-order valence-corrected chi connectivity index (χ0v) is 15.2. The monoisotopic (exact) mass is 358 g/mol. The van der Waals surface area contributed by atoms with Crippen LogP contribution in [0.5, 0.6) is 0 Å². The predicted octanol–water partition coefficient (Wildman–Crippen LogP) is 5.78. The summed E-state index contributed by atoms with van der Waals surface area (Å²) in [5, 5.41) is 3.97. The van der Waals surface area contributed by atoms with E-state index in [4.69, 9.17) is 4.98 Å². The van der Waals surface area contributed by atoms with Gasteiger partial charge >= 0.3 is 0 Å². The molecule has 3 nitrogen and oxygen atoms in total. The molecule has 0 saturated heterocycles. The van der Waals surface area contributed by atoms with Crippen LogP contribution in [0.2, 0.25) is 0 Å². The average molecular weight is 358 g/mol. The lowest BCUT2D eigenvalue weighted by Gasteiger charge is -2.09. The maximum absolute atomic E-state index is 12.7. The maximum Gasteiger partial charge on any atom is 0.255 e. The Morgan fingerprint density at radius 3 is 2.65 bits per heavy atom. The molecule has 0 aliphatic carbocycles. The summed E-state index contributed by atoms with van der Waals surface area (Å²) in [6, 6.07) is 23.7. The predicted molar refractivity (Wildman–Crippen MR) is 109 cm³/mol. The molecule has 0 spiro atoms. The Morgan fingerprint density at radius 1 is 1.00 bits per heavy atom. The van der Waals surface area contributed by atoms with Gasteiger partial charge in [0.15, 0.2) is 0 Å². The van der Waals surface area contributed by atoms with Crippen molar-refractivity contribution in [2.45, 2.75) is 13.3 Å². The number of fused-ring (bicyclic) bond motifs is 1. The molecule has 3 aromatic carbocycles. The van der Waals surface area contributed by atoms with Crippen LogP contribution in [0.3, 0.4) is 0 Å². The number of anilines is 1. The molecule has 0 saturated carbocycles. The van der Waals surface area contributed by atoms with Gasteiger partial charge in [-0.1, -0.05) is 49.4 Å². The van der Waals surface area contributed by atoms with E-state index in [1.165, 1.54) is 0 Å². The average Bonchev–Trinajstić information content (AvgIpc) is 3.12. The Bertz CT molecular complexity index is 1050. The molecular formula is C22H18N2OS. The number of benzene rings is 3. The fourth-order valence-electron chi connectivity index (χ4n) is 2.97. The number of carbonyl (C=O) groups excluding carboxylic acids is 1. The fourth-order valence-corrected chi connectivity index (χ4v) is 3.94. The van der Waals surface area contributed by atoms with Crippen molar-refractivity contribution in [1.82, 2.24) is 4.98 Å². The van der Waals surface area contributed by atoms with Crippen molar-refractivity contribution >= 4 is 33.1 Å². The molecule has 0 aliphatic rings. The van der Waals surface area contributed by atoms with Crippen LogP contribution in [0, 0.1) is 0 Å². The summed E-state index contributed by atoms with van der Waals surface area (Å²) in [6.07, 6.45) is 0.829. The molecule has 1 N–H and O–H groups in total. The van der Waals surface area contributed by atoms with E-state index >= 15 is 0 Å². The van der Waals surface area contributed by atoms with Crippen LogP contribution in [-0.4, -0.2) is 10.9 Å². The minimum absolute atomic E-state index is 0.0797. The van der Waals surface area contributed by atoms with Gasteiger partial charge in [-0.3, -0.25) is 4.79 Å². The fraction of sp³-hybridized carbons (Fsp3) is 0.0909. The first-order valence-electron chi connectivity index (χ1n) is 8.60. The van der Waals surface area contributed by atoms with Gasteiger partial charge in [0, 0.05) is 16.8 Å². The van der Waals surface area contributed by atoms with E-state index < -0.39 is 0 Å². The van der Waals surface area contributed by atoms with Crippen molar-refractivity contribution in [3.8, 4) is 10.6 Å². The van der Waals surface area contributed by atoms with E-state index in [0.717, 1.165) is 44.0 Å². The number of para-hydroxylation sites is 1. The zero-order chi connectivity index (χ0) is 17.9. The highest BCUT2D eigenvalue weighted by molar-refractivity contribution is 7.21. The third kappa shape index (κ3) is 3.24. The number of nitrogens with zero attached hydrogens (tertiary/aromatic N) is 1. The third-order valence-electron chi connectivity index (χ3n) is 4.30. The van der Waals surface area contributed by atoms with Gasteiger partial charge in [0.1, 0.15) is 5.01 Å². The Labute approximate surface area is 156 Å². The van der Waals surface area contributed by atoms with Crippen LogP contribution in [0.25, 0.3) is 20.8 Å². The number of aryl methyl sites for hydroxylation is 1. The summed E-state index contributed by atoms with van der Waals surface area (Å²) in [6.45, 7) is 2.06. The standard InChI is InChI=1S/C22H18N2OS/c1-2-15-8-3-4-11-18(15)21(25)23-17-10-7-9-16(14-17)22-24-19-12-5-6-13-20(19)26-22/h3-14H,2H2,1H3,(H,23,25). The van der Waals surface area contributed by atoms with Crippen LogP contribution >= 0.6 is 11.3 Å². The van der Waals surface area contributed by atoms with Crippen LogP contribution in [-0.2, 0) is 6.42 Å². The van der Waals surface area contributed by atoms with Crippen LogP contribution in [0.15, 0.2) is 72.8 Å². The van der Waals surface area contributed by atoms with Gasteiger partial charge in [-0.15, -0.1) is 11.3 Å². The van der Waals surface area contributed by atoms with E-state index in [0.29, 0.717) is 0 Å². The summed E-state index contributed by atoms with van der Waals surface area (Å²) in [5.41, 5.74) is 4.55. The highest BCUT2D eigenvalue weighted by atomic mass is 32.1. The van der Waals surface area contributed by atoms with Gasteiger partial charge in [-0.25, -0.2) is 4.98 Å². The second-order valence-electron chi connectivity index (χ2n) is 6.03. The van der Waals surface area contributed by atoms with Gasteiger partial charge in [0.25, 0.3) is 5.91 Å². The lowest BCUT2D eigenvalue weighted by atomic mass is 10.0. The summed E-state index contributed by atoms with van der Waals surface area (Å²) < 4.78 is 1.16. The summed E-state index contributed by atoms with van der Waals surface area (Å²) in [4.78, 5) is 17.4. The Balaban J connectivity index is 1.62. The second-order valence-corrected chi connectivity index (χ2v) is 7.06. The van der Waals surface area contributed by atoms with Crippen LogP contribution < -0.4 is 5.32 Å². The summed E-state index contributed by atoms with van der Waals surface area (Å²) in [5.74, 6) is -0.0797. The smallest absolute Gasteiger partial charge is 0.255 e. The molecular weight excluding hydrogens is 340 g/mol. The number of aromatic nitrogens is 1. The zero-order valence-electron chi connectivity index (χ0n) is 14.4. The largest absolute Gasteiger partial charge is 0.322 e. The van der Waals surface area contributed by atoms with E-state index in [-0.39, 0.29) is 5.91 Å². The number of hydrogen-bond donors (Lipinski definition) is 1. The Morgan fingerprint density at radius 2 is 1.81 bits per heavy atom. The molecule has 26 heavy (non-hydrogen) atoms. The van der Waals surface area contributed by atoms with Gasteiger partial charge < -0.3 is 5.32 Å². The molecule has 0 bridgehead atoms. The van der Waals surface area contributed by atoms with E-state index in [1.54, 1.807) is 11.3 Å². The van der Waals surface area contributed by atoms with E-state index in [1.807, 2.05) is 66.7 Å². The number of rotatable bonds is 4. The van der Waals surface area contributed by atoms with Gasteiger partial charge in [0.2, 0.25) is 0 Å². The maximum atomic E-state index is 12.7. The van der Waals surface area contributed by atoms with Crippen LogP contribution in [0.1, 0.15) is 22.8 Å². The normalized spacial score (nSPS) is 10.8. The highest BCUT2D eigenvalue weighted by Crippen LogP contribution is 2.31. The molecule has 4 rings (SSSR count). The quantitative estimate of drug-likeness (QED) is 0.502. The van der Waals surface area contributed by atoms with Crippen molar-refractivity contribution in [1.29, 1.82) is 0 Å². The molecule has 4 aromatic rings. The molecule has 0 radical (unpaired) electrons. The minimum atomic E-state index is -0.0797. The number of hydrogen-bond acceptors (Lipinski definition) is 3. The van der Waals surface area contributed by atoms with E-state index in [2.05, 4.69) is 18.3 Å². The first kappa shape index (κ1) is 16.5. The van der Waals surface area contributed by atoms with Crippen molar-refractivity contribution in [3.05, 3.63) is 83.9 Å². The minimum Gasteiger partial charge on any atom is -0.322 e. The molecule has 128 valence electrons. The number of thiazole rings is 1. The first-order chi connectivity index (χ1) is 12.7. The molecule has 1 amide bonds. The molecule has 4 heteroatoms. The molecule has 0 aliphatic heterocycles. The lowest BCUT2D eigenvalue weighted by molar-refractivity contribution is 0.102. The van der Waals surface area contributed by atoms with Crippen LogP contribution in [0.4, 0.5) is 5.69 Å². The molecule has 1 heterocycles. The molecule has 0 unspecified atom stereocenters. The van der Waals surface area contributed by atoms with E-state index in [9.17, 15) is 4.79 Å². The molecule has 0 fully saturated rings. The Hall–Kier alpha value is -2.98. The van der Waals surface area contributed by atoms with Crippen molar-refractivity contribution in [2.24, 2.45) is 0 Å². The third-order valence-corrected chi connectivity index (χ3v) is 5.39. The van der Waals surface area contributed by atoms with Crippen molar-refractivity contribution in [2.75, 3.05) is 5.32 Å². The van der Waals surface area contributed by atoms with Gasteiger partial charge in [-0.2, -0.15) is 0 Å². The highest BCUT2D eigenvalue weighted by Gasteiger charge is 2.11. The van der Waals surface area contributed by atoms with Gasteiger partial charge in [0.05, 0.1) is 10.2 Å². The topological polar surface area (TPSA) is 42.0 Å². The molecule has 0 atom stereocenters. The summed E-state index contributed by atoms with van der Waals surface area (Å²) >= 11 is 1.66. The van der Waals surface area contributed by atoms with Crippen molar-refractivity contribution < 1.29 is 4.79 Å². The molecule has 1 aromatic heterocycles. The number of carbonyl (C=O) groups is 1. The second kappa shape index (κ2) is 7.10. The number of amides is 1.